The molecule has 0 bridgehead atoms. The van der Waals surface area contributed by atoms with Crippen LogP contribution in [-0.4, -0.2) is 29.1 Å². The van der Waals surface area contributed by atoms with Crippen LogP contribution in [0.3, 0.4) is 0 Å². The van der Waals surface area contributed by atoms with Gasteiger partial charge in [-0.3, -0.25) is 9.89 Å². The highest BCUT2D eigenvalue weighted by Gasteiger charge is 2.18. The Bertz CT molecular complexity index is 330. The highest BCUT2D eigenvalue weighted by Crippen LogP contribution is 2.09. The maximum atomic E-state index is 11.3. The number of esters is 1. The molecular formula is C8H10N2O3. The molecule has 1 rings (SSSR count). The number of aromatic amines is 1. The lowest BCUT2D eigenvalue weighted by molar-refractivity contribution is 0.0523. The van der Waals surface area contributed by atoms with Gasteiger partial charge in [-0.15, -0.1) is 0 Å². The van der Waals surface area contributed by atoms with Crippen molar-refractivity contribution in [2.75, 3.05) is 6.61 Å². The summed E-state index contributed by atoms with van der Waals surface area (Å²) in [4.78, 5) is 21.7. The third kappa shape index (κ3) is 1.74. The van der Waals surface area contributed by atoms with Gasteiger partial charge in [0.25, 0.3) is 0 Å². The number of aromatic nitrogens is 2. The maximum absolute atomic E-state index is 11.3. The molecule has 0 saturated heterocycles. The first-order chi connectivity index (χ1) is 6.20. The Morgan fingerprint density at radius 3 is 2.92 bits per heavy atom. The second-order valence-electron chi connectivity index (χ2n) is 2.45. The normalized spacial score (nSPS) is 9.69. The molecule has 0 aromatic carbocycles. The summed E-state index contributed by atoms with van der Waals surface area (Å²) in [7, 11) is 0. The Morgan fingerprint density at radius 1 is 1.69 bits per heavy atom. The smallest absolute Gasteiger partial charge is 0.342 e. The van der Waals surface area contributed by atoms with Gasteiger partial charge in [-0.1, -0.05) is 0 Å². The van der Waals surface area contributed by atoms with Crippen molar-refractivity contribution in [3.63, 3.8) is 0 Å². The number of hydrogen-bond donors (Lipinski definition) is 1. The Labute approximate surface area is 75.1 Å². The van der Waals surface area contributed by atoms with E-state index < -0.39 is 5.97 Å². The number of ether oxygens (including phenoxy) is 1. The molecule has 0 radical (unpaired) electrons. The Balaban J connectivity index is 3.03. The van der Waals surface area contributed by atoms with Crippen molar-refractivity contribution >= 4 is 12.3 Å². The van der Waals surface area contributed by atoms with Crippen molar-refractivity contribution in [1.82, 2.24) is 10.2 Å². The maximum Gasteiger partial charge on any atom is 0.342 e. The van der Waals surface area contributed by atoms with Gasteiger partial charge in [-0.2, -0.15) is 5.10 Å². The van der Waals surface area contributed by atoms with Gasteiger partial charge in [0.05, 0.1) is 6.61 Å². The highest BCUT2D eigenvalue weighted by atomic mass is 16.5. The number of carbonyl (C=O) groups excluding carboxylic acids is 2. The van der Waals surface area contributed by atoms with Crippen LogP contribution in [0.5, 0.6) is 0 Å². The number of aldehydes is 1. The zero-order chi connectivity index (χ0) is 9.84. The predicted molar refractivity (Wildman–Crippen MR) is 44.7 cm³/mol. The fourth-order valence-electron chi connectivity index (χ4n) is 0.994. The third-order valence-electron chi connectivity index (χ3n) is 1.57. The number of hydrogen-bond acceptors (Lipinski definition) is 4. The number of carbonyl (C=O) groups is 2. The Hall–Kier alpha value is -1.65. The van der Waals surface area contributed by atoms with E-state index in [1.54, 1.807) is 13.8 Å². The van der Waals surface area contributed by atoms with E-state index >= 15 is 0 Å². The van der Waals surface area contributed by atoms with Gasteiger partial charge in [-0.25, -0.2) is 4.79 Å². The van der Waals surface area contributed by atoms with Crippen LogP contribution in [-0.2, 0) is 4.74 Å². The number of rotatable bonds is 3. The molecule has 1 aromatic rings. The van der Waals surface area contributed by atoms with E-state index in [-0.39, 0.29) is 17.9 Å². The first-order valence-electron chi connectivity index (χ1n) is 3.88. The lowest BCUT2D eigenvalue weighted by Crippen LogP contribution is -2.07. The van der Waals surface area contributed by atoms with Gasteiger partial charge in [0.1, 0.15) is 11.3 Å². The summed E-state index contributed by atoms with van der Waals surface area (Å²) in [6.45, 7) is 3.64. The van der Waals surface area contributed by atoms with Crippen LogP contribution in [0.4, 0.5) is 0 Å². The van der Waals surface area contributed by atoms with Gasteiger partial charge in [0, 0.05) is 5.69 Å². The summed E-state index contributed by atoms with van der Waals surface area (Å²) in [5, 5.41) is 6.19. The van der Waals surface area contributed by atoms with Crippen molar-refractivity contribution in [2.24, 2.45) is 0 Å². The molecule has 0 atom stereocenters. The molecule has 5 heteroatoms. The second-order valence-corrected chi connectivity index (χ2v) is 2.45. The summed E-state index contributed by atoms with van der Waals surface area (Å²) >= 11 is 0. The Morgan fingerprint density at radius 2 is 2.38 bits per heavy atom. The van der Waals surface area contributed by atoms with E-state index in [4.69, 9.17) is 4.74 Å². The zero-order valence-corrected chi connectivity index (χ0v) is 7.46. The first-order valence-corrected chi connectivity index (χ1v) is 3.88. The third-order valence-corrected chi connectivity index (χ3v) is 1.57. The predicted octanol–water partition coefficient (Wildman–Crippen LogP) is 0.707. The summed E-state index contributed by atoms with van der Waals surface area (Å²) in [6.07, 6.45) is 0.524. The quantitative estimate of drug-likeness (QED) is 0.552. The molecule has 1 N–H and O–H groups in total. The minimum absolute atomic E-state index is 0.0935. The monoisotopic (exact) mass is 182 g/mol. The van der Waals surface area contributed by atoms with Gasteiger partial charge in [-0.05, 0) is 13.8 Å². The molecule has 0 aliphatic rings. The van der Waals surface area contributed by atoms with E-state index in [1.165, 1.54) is 0 Å². The van der Waals surface area contributed by atoms with E-state index in [0.717, 1.165) is 0 Å². The molecule has 0 spiro atoms. The Kier molecular flexibility index (Phi) is 2.79. The number of nitrogens with zero attached hydrogens (tertiary/aromatic N) is 1. The molecule has 0 saturated carbocycles. The van der Waals surface area contributed by atoms with Crippen LogP contribution in [0.2, 0.25) is 0 Å². The molecule has 0 aliphatic carbocycles. The lowest BCUT2D eigenvalue weighted by atomic mass is 10.2. The molecule has 0 aliphatic heterocycles. The molecule has 0 fully saturated rings. The fraction of sp³-hybridized carbons (Fsp3) is 0.375. The van der Waals surface area contributed by atoms with Crippen molar-refractivity contribution in [2.45, 2.75) is 13.8 Å². The van der Waals surface area contributed by atoms with Gasteiger partial charge in [0.15, 0.2) is 6.29 Å². The average Bonchev–Trinajstić information content (AvgIpc) is 2.47. The van der Waals surface area contributed by atoms with Crippen LogP contribution in [0.1, 0.15) is 33.5 Å². The molecule has 1 aromatic heterocycles. The van der Waals surface area contributed by atoms with Crippen LogP contribution >= 0.6 is 0 Å². The summed E-state index contributed by atoms with van der Waals surface area (Å²) in [6, 6.07) is 0. The minimum Gasteiger partial charge on any atom is -0.462 e. The number of H-pyrrole nitrogens is 1. The minimum atomic E-state index is -0.518. The van der Waals surface area contributed by atoms with Crippen molar-refractivity contribution < 1.29 is 14.3 Å². The molecule has 1 heterocycles. The van der Waals surface area contributed by atoms with E-state index in [9.17, 15) is 9.59 Å². The first kappa shape index (κ1) is 9.44. The number of nitrogens with one attached hydrogen (secondary N) is 1. The topological polar surface area (TPSA) is 72.1 Å². The molecular weight excluding hydrogens is 172 g/mol. The SMILES string of the molecule is CCOC(=O)c1c(C=O)n[nH]c1C. The van der Waals surface area contributed by atoms with Gasteiger partial charge in [0.2, 0.25) is 0 Å². The number of aryl methyl sites for hydroxylation is 1. The summed E-state index contributed by atoms with van der Waals surface area (Å²) in [5.41, 5.74) is 0.855. The van der Waals surface area contributed by atoms with Crippen LogP contribution in [0, 0.1) is 6.92 Å². The molecule has 0 unspecified atom stereocenters. The fourth-order valence-corrected chi connectivity index (χ4v) is 0.994. The van der Waals surface area contributed by atoms with E-state index in [1.807, 2.05) is 0 Å². The standard InChI is InChI=1S/C8H10N2O3/c1-3-13-8(12)7-5(2)9-10-6(7)4-11/h4H,3H2,1-2H3,(H,9,10). The highest BCUT2D eigenvalue weighted by molar-refractivity contribution is 5.98. The van der Waals surface area contributed by atoms with Gasteiger partial charge >= 0.3 is 5.97 Å². The largest absolute Gasteiger partial charge is 0.462 e. The van der Waals surface area contributed by atoms with Crippen LogP contribution < -0.4 is 0 Å². The molecule has 70 valence electrons. The zero-order valence-electron chi connectivity index (χ0n) is 7.46. The average molecular weight is 182 g/mol. The van der Waals surface area contributed by atoms with E-state index in [0.29, 0.717) is 12.0 Å². The summed E-state index contributed by atoms with van der Waals surface area (Å²) in [5.74, 6) is -0.518. The second kappa shape index (κ2) is 3.84. The molecule has 5 nitrogen and oxygen atoms in total. The molecule has 0 amide bonds. The molecule has 13 heavy (non-hydrogen) atoms. The van der Waals surface area contributed by atoms with Crippen molar-refractivity contribution in [1.29, 1.82) is 0 Å². The summed E-state index contributed by atoms with van der Waals surface area (Å²) < 4.78 is 4.75. The van der Waals surface area contributed by atoms with Gasteiger partial charge < -0.3 is 4.74 Å². The van der Waals surface area contributed by atoms with Crippen LogP contribution in [0.15, 0.2) is 0 Å². The van der Waals surface area contributed by atoms with Crippen LogP contribution in [0.25, 0.3) is 0 Å². The van der Waals surface area contributed by atoms with Crippen molar-refractivity contribution in [3.05, 3.63) is 17.0 Å². The lowest BCUT2D eigenvalue weighted by Gasteiger charge is -1.99. The van der Waals surface area contributed by atoms with E-state index in [2.05, 4.69) is 10.2 Å². The van der Waals surface area contributed by atoms with Crippen molar-refractivity contribution in [3.8, 4) is 0 Å².